The lowest BCUT2D eigenvalue weighted by Gasteiger charge is -2.28. The van der Waals surface area contributed by atoms with E-state index in [9.17, 15) is 9.18 Å². The van der Waals surface area contributed by atoms with Gasteiger partial charge in [-0.25, -0.2) is 4.98 Å². The summed E-state index contributed by atoms with van der Waals surface area (Å²) >= 11 is 0. The second-order valence-electron chi connectivity index (χ2n) is 7.93. The molecule has 0 unspecified atom stereocenters. The van der Waals surface area contributed by atoms with Crippen molar-refractivity contribution in [3.8, 4) is 11.5 Å². The van der Waals surface area contributed by atoms with E-state index in [0.29, 0.717) is 23.7 Å². The highest BCUT2D eigenvalue weighted by Crippen LogP contribution is 2.33. The van der Waals surface area contributed by atoms with Crippen LogP contribution in [0, 0.1) is 5.95 Å². The summed E-state index contributed by atoms with van der Waals surface area (Å²) in [7, 11) is 0. The number of hydrogen-bond acceptors (Lipinski definition) is 8. The van der Waals surface area contributed by atoms with Crippen LogP contribution in [0.4, 0.5) is 10.1 Å². The predicted octanol–water partition coefficient (Wildman–Crippen LogP) is 4.26. The van der Waals surface area contributed by atoms with Gasteiger partial charge in [-0.2, -0.15) is 14.6 Å². The minimum atomic E-state index is -0.703. The van der Waals surface area contributed by atoms with Crippen molar-refractivity contribution in [2.45, 2.75) is 51.7 Å². The number of H-pyrrole nitrogens is 1. The molecule has 3 heterocycles. The van der Waals surface area contributed by atoms with Crippen LogP contribution < -0.4 is 5.32 Å². The Labute approximate surface area is 201 Å². The molecule has 0 saturated heterocycles. The maximum atomic E-state index is 13.8. The van der Waals surface area contributed by atoms with E-state index in [2.05, 4.69) is 37.2 Å². The van der Waals surface area contributed by atoms with Gasteiger partial charge < -0.3 is 14.5 Å². The second-order valence-corrected chi connectivity index (χ2v) is 7.93. The molecule has 0 aliphatic heterocycles. The summed E-state index contributed by atoms with van der Waals surface area (Å²) < 4.78 is 26.6. The number of ether oxygens (including phenoxy) is 1. The Kier molecular flexibility index (Phi) is 7.60. The van der Waals surface area contributed by atoms with Gasteiger partial charge in [-0.05, 0) is 46.2 Å². The molecule has 1 aliphatic rings. The SMILES string of the molecule is C=N/C=C(\N=CC)c1nn(C2CCC(OCC)CC2)cc1NC(=O)c1coc(-c2cn[nH]c2F)n1. The van der Waals surface area contributed by atoms with Gasteiger partial charge >= 0.3 is 0 Å². The first kappa shape index (κ1) is 24.2. The van der Waals surface area contributed by atoms with Gasteiger partial charge in [0.15, 0.2) is 5.69 Å². The number of nitrogens with one attached hydrogen (secondary N) is 2. The molecule has 1 amide bonds. The molecule has 0 radical (unpaired) electrons. The summed E-state index contributed by atoms with van der Waals surface area (Å²) in [5, 5.41) is 13.3. The normalized spacial score (nSPS) is 18.8. The van der Waals surface area contributed by atoms with Crippen molar-refractivity contribution < 1.29 is 18.3 Å². The van der Waals surface area contributed by atoms with Crippen LogP contribution >= 0.6 is 0 Å². The van der Waals surface area contributed by atoms with E-state index in [-0.39, 0.29) is 29.3 Å². The van der Waals surface area contributed by atoms with Crippen LogP contribution in [0.3, 0.4) is 0 Å². The van der Waals surface area contributed by atoms with E-state index in [4.69, 9.17) is 14.3 Å². The van der Waals surface area contributed by atoms with Crippen LogP contribution in [0.1, 0.15) is 61.8 Å². The summed E-state index contributed by atoms with van der Waals surface area (Å²) in [6, 6.07) is 0.155. The number of aromatic amines is 1. The Balaban J connectivity index is 1.60. The van der Waals surface area contributed by atoms with Crippen molar-refractivity contribution in [3.63, 3.8) is 0 Å². The molecule has 11 nitrogen and oxygen atoms in total. The highest BCUT2D eigenvalue weighted by molar-refractivity contribution is 6.04. The molecule has 4 rings (SSSR count). The quantitative estimate of drug-likeness (QED) is 0.437. The summed E-state index contributed by atoms with van der Waals surface area (Å²) in [6.07, 6.45) is 11.2. The molecule has 0 bridgehead atoms. The van der Waals surface area contributed by atoms with Gasteiger partial charge in [0, 0.05) is 19.0 Å². The predicted molar refractivity (Wildman–Crippen MR) is 129 cm³/mol. The fourth-order valence-corrected chi connectivity index (χ4v) is 4.06. The molecular weight excluding hydrogens is 455 g/mol. The molecule has 184 valence electrons. The largest absolute Gasteiger partial charge is 0.443 e. The average Bonchev–Trinajstić information content (AvgIpc) is 3.59. The van der Waals surface area contributed by atoms with Crippen LogP contribution in [0.25, 0.3) is 17.2 Å². The second kappa shape index (κ2) is 11.0. The minimum absolute atomic E-state index is 0.0251. The van der Waals surface area contributed by atoms with Crippen LogP contribution in [0.2, 0.25) is 0 Å². The third-order valence-corrected chi connectivity index (χ3v) is 5.68. The molecule has 0 aromatic carbocycles. The Morgan fingerprint density at radius 1 is 1.43 bits per heavy atom. The zero-order chi connectivity index (χ0) is 24.8. The van der Waals surface area contributed by atoms with Crippen molar-refractivity contribution in [3.05, 3.63) is 42.2 Å². The van der Waals surface area contributed by atoms with Gasteiger partial charge in [0.05, 0.1) is 30.2 Å². The van der Waals surface area contributed by atoms with E-state index in [0.717, 1.165) is 31.9 Å². The van der Waals surface area contributed by atoms with Crippen molar-refractivity contribution >= 4 is 30.2 Å². The Hall–Kier alpha value is -3.93. The minimum Gasteiger partial charge on any atom is -0.443 e. The van der Waals surface area contributed by atoms with Gasteiger partial charge in [-0.1, -0.05) is 0 Å². The maximum absolute atomic E-state index is 13.8. The number of aromatic nitrogens is 5. The first-order valence-electron chi connectivity index (χ1n) is 11.4. The molecule has 2 N–H and O–H groups in total. The number of halogens is 1. The highest BCUT2D eigenvalue weighted by atomic mass is 19.1. The van der Waals surface area contributed by atoms with Gasteiger partial charge in [0.2, 0.25) is 11.8 Å². The van der Waals surface area contributed by atoms with Gasteiger partial charge in [-0.15, -0.1) is 0 Å². The molecule has 0 atom stereocenters. The number of amides is 1. The first-order valence-corrected chi connectivity index (χ1v) is 11.4. The number of carbonyl (C=O) groups excluding carboxylic acids is 1. The monoisotopic (exact) mass is 482 g/mol. The Morgan fingerprint density at radius 2 is 2.23 bits per heavy atom. The molecule has 0 spiro atoms. The van der Waals surface area contributed by atoms with Crippen LogP contribution in [-0.2, 0) is 4.74 Å². The third-order valence-electron chi connectivity index (χ3n) is 5.68. The number of hydrogen-bond donors (Lipinski definition) is 2. The fourth-order valence-electron chi connectivity index (χ4n) is 4.06. The van der Waals surface area contributed by atoms with Gasteiger partial charge in [-0.3, -0.25) is 24.6 Å². The average molecular weight is 483 g/mol. The lowest BCUT2D eigenvalue weighted by molar-refractivity contribution is 0.0259. The molecule has 3 aromatic heterocycles. The topological polar surface area (TPSA) is 136 Å². The van der Waals surface area contributed by atoms with Crippen LogP contribution in [0.5, 0.6) is 0 Å². The number of oxazole rings is 1. The van der Waals surface area contributed by atoms with Crippen LogP contribution in [-0.4, -0.2) is 56.5 Å². The standard InChI is InChI=1S/C23H27FN8O3/c1-4-26-17(11-25-3)20-18(12-32(31-20)14-6-8-15(9-7-14)34-5-2)28-22(33)19-13-35-23(29-19)16-10-27-30-21(16)24/h4,10-15H,3,5-9H2,1-2H3,(H,27,30)(H,28,33)/b17-11-,26-4?. The van der Waals surface area contributed by atoms with Gasteiger partial charge in [0.1, 0.15) is 23.2 Å². The molecule has 12 heteroatoms. The summed E-state index contributed by atoms with van der Waals surface area (Å²) in [6.45, 7) is 7.98. The van der Waals surface area contributed by atoms with E-state index in [1.807, 2.05) is 11.6 Å². The first-order chi connectivity index (χ1) is 17.0. The van der Waals surface area contributed by atoms with E-state index in [1.54, 1.807) is 19.3 Å². The Morgan fingerprint density at radius 3 is 2.89 bits per heavy atom. The van der Waals surface area contributed by atoms with Crippen molar-refractivity contribution in [2.24, 2.45) is 9.98 Å². The molecule has 3 aromatic rings. The van der Waals surface area contributed by atoms with Crippen LogP contribution in [0.15, 0.2) is 39.3 Å². The number of anilines is 1. The smallest absolute Gasteiger partial charge is 0.277 e. The zero-order valence-electron chi connectivity index (χ0n) is 19.6. The van der Waals surface area contributed by atoms with Crippen molar-refractivity contribution in [2.75, 3.05) is 11.9 Å². The molecule has 1 aliphatic carbocycles. The lowest BCUT2D eigenvalue weighted by atomic mass is 9.93. The number of aliphatic imine (C=N–C) groups is 2. The molecular formula is C23H27FN8O3. The molecule has 35 heavy (non-hydrogen) atoms. The number of rotatable bonds is 9. The Bertz CT molecular complexity index is 1230. The lowest BCUT2D eigenvalue weighted by Crippen LogP contribution is -2.24. The fraction of sp³-hybridized carbons (Fsp3) is 0.391. The zero-order valence-corrected chi connectivity index (χ0v) is 19.6. The van der Waals surface area contributed by atoms with Gasteiger partial charge in [0.25, 0.3) is 5.91 Å². The third kappa shape index (κ3) is 5.43. The molecule has 1 fully saturated rings. The summed E-state index contributed by atoms with van der Waals surface area (Å²) in [4.78, 5) is 25.2. The number of nitrogens with zero attached hydrogens (tertiary/aromatic N) is 6. The van der Waals surface area contributed by atoms with E-state index < -0.39 is 11.9 Å². The molecule has 1 saturated carbocycles. The maximum Gasteiger partial charge on any atom is 0.277 e. The van der Waals surface area contributed by atoms with E-state index >= 15 is 0 Å². The van der Waals surface area contributed by atoms with E-state index in [1.165, 1.54) is 12.4 Å². The number of carbonyl (C=O) groups is 1. The summed E-state index contributed by atoms with van der Waals surface area (Å²) in [5.41, 5.74) is 1.32. The summed E-state index contributed by atoms with van der Waals surface area (Å²) in [5.74, 6) is -1.31. The van der Waals surface area contributed by atoms with Crippen molar-refractivity contribution in [1.82, 2.24) is 25.0 Å². The highest BCUT2D eigenvalue weighted by Gasteiger charge is 2.26. The van der Waals surface area contributed by atoms with Crippen molar-refractivity contribution in [1.29, 1.82) is 0 Å².